The van der Waals surface area contributed by atoms with Gasteiger partial charge >= 0.3 is 0 Å². The first-order valence-electron chi connectivity index (χ1n) is 10.6. The summed E-state index contributed by atoms with van der Waals surface area (Å²) in [6.45, 7) is 9.15. The van der Waals surface area contributed by atoms with Crippen LogP contribution in [0.5, 0.6) is 0 Å². The Labute approximate surface area is 160 Å². The van der Waals surface area contributed by atoms with Gasteiger partial charge in [0.15, 0.2) is 0 Å². The van der Waals surface area contributed by atoms with Crippen LogP contribution in [0.2, 0.25) is 0 Å². The third-order valence-corrected chi connectivity index (χ3v) is 6.17. The molecule has 1 heteroatoms. The molecule has 0 bridgehead atoms. The van der Waals surface area contributed by atoms with Crippen molar-refractivity contribution in [3.05, 3.63) is 58.7 Å². The Morgan fingerprint density at radius 1 is 0.731 bits per heavy atom. The van der Waals surface area contributed by atoms with Crippen LogP contribution >= 0.6 is 0 Å². The van der Waals surface area contributed by atoms with E-state index < -0.39 is 0 Å². The van der Waals surface area contributed by atoms with Crippen LogP contribution in [0.1, 0.15) is 74.6 Å². The van der Waals surface area contributed by atoms with Crippen LogP contribution < -0.4 is 4.90 Å². The molecular weight excluding hydrogens is 314 g/mol. The lowest BCUT2D eigenvalue weighted by atomic mass is 9.93. The molecule has 26 heavy (non-hydrogen) atoms. The molecule has 0 unspecified atom stereocenters. The van der Waals surface area contributed by atoms with Crippen LogP contribution in [0.4, 0.5) is 11.4 Å². The summed E-state index contributed by atoms with van der Waals surface area (Å²) in [5.41, 5.74) is 8.80. The molecule has 0 heterocycles. The number of nitrogens with zero attached hydrogens (tertiary/aromatic N) is 1. The van der Waals surface area contributed by atoms with E-state index in [1.54, 1.807) is 11.1 Å². The van der Waals surface area contributed by atoms with Crippen LogP contribution in [0, 0.1) is 13.8 Å². The zero-order valence-electron chi connectivity index (χ0n) is 17.1. The standard InChI is InChI=1S/C25H35N/c1-5-22-19(3)17-18-25(23(22)6-2)26(21-14-9-7-8-10-15-21)24-16-12-11-13-20(24)4/h11-13,16-18,21H,5-10,14-15H2,1-4H3. The molecule has 0 radical (unpaired) electrons. The summed E-state index contributed by atoms with van der Waals surface area (Å²) in [4.78, 5) is 2.71. The topological polar surface area (TPSA) is 3.24 Å². The third kappa shape index (κ3) is 3.82. The highest BCUT2D eigenvalue weighted by atomic mass is 15.2. The van der Waals surface area contributed by atoms with Crippen molar-refractivity contribution in [2.45, 2.75) is 85.1 Å². The highest BCUT2D eigenvalue weighted by Gasteiger charge is 2.25. The van der Waals surface area contributed by atoms with Crippen molar-refractivity contribution in [2.24, 2.45) is 0 Å². The Bertz CT molecular complexity index is 723. The largest absolute Gasteiger partial charge is 0.338 e. The fourth-order valence-corrected chi connectivity index (χ4v) is 4.78. The molecular formula is C25H35N. The average Bonchev–Trinajstić information content (AvgIpc) is 2.93. The maximum atomic E-state index is 2.71. The molecule has 140 valence electrons. The van der Waals surface area contributed by atoms with Crippen LogP contribution in [0.25, 0.3) is 0 Å². The molecule has 0 atom stereocenters. The van der Waals surface area contributed by atoms with Gasteiger partial charge in [0.05, 0.1) is 0 Å². The van der Waals surface area contributed by atoms with Gasteiger partial charge < -0.3 is 4.90 Å². The van der Waals surface area contributed by atoms with Crippen molar-refractivity contribution in [3.8, 4) is 0 Å². The Hall–Kier alpha value is -1.76. The molecule has 3 rings (SSSR count). The van der Waals surface area contributed by atoms with Crippen molar-refractivity contribution in [1.29, 1.82) is 0 Å². The molecule has 1 fully saturated rings. The smallest absolute Gasteiger partial charge is 0.0448 e. The van der Waals surface area contributed by atoms with Crippen molar-refractivity contribution < 1.29 is 0 Å². The van der Waals surface area contributed by atoms with Gasteiger partial charge in [-0.1, -0.05) is 63.8 Å². The van der Waals surface area contributed by atoms with E-state index >= 15 is 0 Å². The summed E-state index contributed by atoms with van der Waals surface area (Å²) in [7, 11) is 0. The van der Waals surface area contributed by atoms with Gasteiger partial charge in [-0.2, -0.15) is 0 Å². The Morgan fingerprint density at radius 3 is 2.00 bits per heavy atom. The second kappa shape index (κ2) is 8.75. The maximum Gasteiger partial charge on any atom is 0.0448 e. The quantitative estimate of drug-likeness (QED) is 0.512. The van der Waals surface area contributed by atoms with Crippen molar-refractivity contribution in [1.82, 2.24) is 0 Å². The summed E-state index contributed by atoms with van der Waals surface area (Å²) in [5, 5.41) is 0. The van der Waals surface area contributed by atoms with Gasteiger partial charge in [0, 0.05) is 17.4 Å². The minimum Gasteiger partial charge on any atom is -0.338 e. The van der Waals surface area contributed by atoms with E-state index in [9.17, 15) is 0 Å². The molecule has 2 aromatic rings. The van der Waals surface area contributed by atoms with E-state index in [0.717, 1.165) is 12.8 Å². The molecule has 1 aliphatic rings. The van der Waals surface area contributed by atoms with Crippen molar-refractivity contribution in [3.63, 3.8) is 0 Å². The van der Waals surface area contributed by atoms with Gasteiger partial charge in [-0.05, 0) is 73.9 Å². The molecule has 0 amide bonds. The van der Waals surface area contributed by atoms with E-state index in [1.807, 2.05) is 0 Å². The first-order valence-corrected chi connectivity index (χ1v) is 10.6. The zero-order chi connectivity index (χ0) is 18.5. The molecule has 0 aromatic heterocycles. The summed E-state index contributed by atoms with van der Waals surface area (Å²) in [6.07, 6.45) is 10.4. The Balaban J connectivity index is 2.16. The summed E-state index contributed by atoms with van der Waals surface area (Å²) in [5.74, 6) is 0. The third-order valence-electron chi connectivity index (χ3n) is 6.17. The van der Waals surface area contributed by atoms with Crippen LogP contribution in [0.3, 0.4) is 0 Å². The number of hydrogen-bond donors (Lipinski definition) is 0. The lowest BCUT2D eigenvalue weighted by molar-refractivity contribution is 0.567. The highest BCUT2D eigenvalue weighted by Crippen LogP contribution is 2.39. The normalized spacial score (nSPS) is 15.7. The number of anilines is 2. The number of hydrogen-bond acceptors (Lipinski definition) is 1. The molecule has 1 saturated carbocycles. The van der Waals surface area contributed by atoms with Crippen molar-refractivity contribution in [2.75, 3.05) is 4.90 Å². The first kappa shape index (κ1) is 19.0. The number of benzene rings is 2. The summed E-state index contributed by atoms with van der Waals surface area (Å²) < 4.78 is 0. The van der Waals surface area contributed by atoms with Gasteiger partial charge in [0.25, 0.3) is 0 Å². The van der Waals surface area contributed by atoms with Gasteiger partial charge in [-0.3, -0.25) is 0 Å². The van der Waals surface area contributed by atoms with Gasteiger partial charge in [-0.25, -0.2) is 0 Å². The van der Waals surface area contributed by atoms with Gasteiger partial charge in [-0.15, -0.1) is 0 Å². The molecule has 0 spiro atoms. The van der Waals surface area contributed by atoms with Crippen LogP contribution in [-0.4, -0.2) is 6.04 Å². The van der Waals surface area contributed by atoms with E-state index in [1.165, 1.54) is 61.0 Å². The van der Waals surface area contributed by atoms with E-state index in [0.29, 0.717) is 6.04 Å². The number of aryl methyl sites for hydroxylation is 2. The molecule has 0 aliphatic heterocycles. The second-order valence-corrected chi connectivity index (χ2v) is 7.87. The Morgan fingerprint density at radius 2 is 1.38 bits per heavy atom. The summed E-state index contributed by atoms with van der Waals surface area (Å²) in [6, 6.07) is 14.3. The minimum absolute atomic E-state index is 0.622. The fraction of sp³-hybridized carbons (Fsp3) is 0.520. The molecule has 0 saturated heterocycles. The van der Waals surface area contributed by atoms with E-state index in [4.69, 9.17) is 0 Å². The lowest BCUT2D eigenvalue weighted by Crippen LogP contribution is -2.32. The van der Waals surface area contributed by atoms with Crippen LogP contribution in [0.15, 0.2) is 36.4 Å². The van der Waals surface area contributed by atoms with Crippen molar-refractivity contribution >= 4 is 11.4 Å². The fourth-order valence-electron chi connectivity index (χ4n) is 4.78. The van der Waals surface area contributed by atoms with E-state index in [-0.39, 0.29) is 0 Å². The monoisotopic (exact) mass is 349 g/mol. The molecule has 1 aliphatic carbocycles. The average molecular weight is 350 g/mol. The zero-order valence-corrected chi connectivity index (χ0v) is 17.1. The highest BCUT2D eigenvalue weighted by molar-refractivity contribution is 5.71. The SMILES string of the molecule is CCc1c(C)ccc(N(c2ccccc2C)C2CCCCCC2)c1CC. The number of rotatable bonds is 5. The maximum absolute atomic E-state index is 2.71. The molecule has 2 aromatic carbocycles. The lowest BCUT2D eigenvalue weighted by Gasteiger charge is -2.37. The second-order valence-electron chi connectivity index (χ2n) is 7.87. The first-order chi connectivity index (χ1) is 12.7. The van der Waals surface area contributed by atoms with E-state index in [2.05, 4.69) is 69.0 Å². The van der Waals surface area contributed by atoms with Gasteiger partial charge in [0.1, 0.15) is 0 Å². The predicted molar refractivity (Wildman–Crippen MR) is 115 cm³/mol. The molecule has 0 N–H and O–H groups in total. The Kier molecular flexibility index (Phi) is 6.40. The molecule has 1 nitrogen and oxygen atoms in total. The number of para-hydroxylation sites is 1. The summed E-state index contributed by atoms with van der Waals surface area (Å²) >= 11 is 0. The van der Waals surface area contributed by atoms with Gasteiger partial charge in [0.2, 0.25) is 0 Å². The van der Waals surface area contributed by atoms with Crippen LogP contribution in [-0.2, 0) is 12.8 Å². The predicted octanol–water partition coefficient (Wildman–Crippen LogP) is 7.29. The minimum atomic E-state index is 0.622.